The second-order valence-corrected chi connectivity index (χ2v) is 3.23. The zero-order chi connectivity index (χ0) is 10.5. The summed E-state index contributed by atoms with van der Waals surface area (Å²) in [5.41, 5.74) is 9.25. The summed E-state index contributed by atoms with van der Waals surface area (Å²) in [5.74, 6) is 0. The van der Waals surface area contributed by atoms with E-state index in [0.29, 0.717) is 6.54 Å². The molecule has 1 heterocycles. The Hall–Kier alpha value is -2.00. The first-order chi connectivity index (χ1) is 7.42. The van der Waals surface area contributed by atoms with Crippen LogP contribution in [0.5, 0.6) is 0 Å². The lowest BCUT2D eigenvalue weighted by Gasteiger charge is -2.00. The van der Waals surface area contributed by atoms with E-state index in [1.165, 1.54) is 0 Å². The van der Waals surface area contributed by atoms with E-state index in [4.69, 9.17) is 5.53 Å². The van der Waals surface area contributed by atoms with Crippen LogP contribution in [0.25, 0.3) is 21.3 Å². The minimum Gasteiger partial charge on any atom is -0.265 e. The van der Waals surface area contributed by atoms with Crippen LogP contribution in [-0.4, -0.2) is 16.3 Å². The highest BCUT2D eigenvalue weighted by atomic mass is 15.3. The van der Waals surface area contributed by atoms with Crippen LogP contribution in [0.1, 0.15) is 6.42 Å². The molecule has 0 saturated carbocycles. The van der Waals surface area contributed by atoms with Crippen LogP contribution in [0.15, 0.2) is 35.6 Å². The van der Waals surface area contributed by atoms with Crippen LogP contribution in [0.4, 0.5) is 0 Å². The number of benzene rings is 1. The number of hydrogen-bond acceptors (Lipinski definition) is 2. The van der Waals surface area contributed by atoms with Gasteiger partial charge in [-0.15, -0.1) is 0 Å². The van der Waals surface area contributed by atoms with Gasteiger partial charge in [0.1, 0.15) is 0 Å². The molecule has 0 saturated heterocycles. The molecule has 0 N–H and O–H groups in total. The van der Waals surface area contributed by atoms with E-state index in [1.807, 2.05) is 35.1 Å². The normalized spacial score (nSPS) is 10.1. The van der Waals surface area contributed by atoms with Gasteiger partial charge in [-0.1, -0.05) is 23.3 Å². The molecular formula is C10H11N5. The summed E-state index contributed by atoms with van der Waals surface area (Å²) in [5, 5.41) is 8.91. The molecule has 5 heteroatoms. The Morgan fingerprint density at radius 2 is 2.27 bits per heavy atom. The largest absolute Gasteiger partial charge is 0.265 e. The Morgan fingerprint density at radius 1 is 1.40 bits per heavy atom. The maximum atomic E-state index is 8.13. The Kier molecular flexibility index (Phi) is 2.85. The summed E-state index contributed by atoms with van der Waals surface area (Å²) in [6.45, 7) is 1.30. The summed E-state index contributed by atoms with van der Waals surface area (Å²) >= 11 is 0. The number of para-hydroxylation sites is 1. The van der Waals surface area contributed by atoms with Gasteiger partial charge in [0.25, 0.3) is 0 Å². The highest BCUT2D eigenvalue weighted by Gasteiger charge is 1.99. The van der Waals surface area contributed by atoms with Gasteiger partial charge in [-0.05, 0) is 18.0 Å². The predicted octanol–water partition coefficient (Wildman–Crippen LogP) is 2.74. The van der Waals surface area contributed by atoms with Crippen molar-refractivity contribution in [3.8, 4) is 0 Å². The van der Waals surface area contributed by atoms with Crippen molar-refractivity contribution in [2.45, 2.75) is 13.0 Å². The van der Waals surface area contributed by atoms with Crippen molar-refractivity contribution in [2.75, 3.05) is 6.54 Å². The molecule has 1 aromatic heterocycles. The zero-order valence-corrected chi connectivity index (χ0v) is 8.24. The second kappa shape index (κ2) is 4.48. The van der Waals surface area contributed by atoms with E-state index in [-0.39, 0.29) is 0 Å². The van der Waals surface area contributed by atoms with Gasteiger partial charge >= 0.3 is 0 Å². The van der Waals surface area contributed by atoms with E-state index in [1.54, 1.807) is 0 Å². The highest BCUT2D eigenvalue weighted by molar-refractivity contribution is 5.78. The van der Waals surface area contributed by atoms with E-state index in [2.05, 4.69) is 15.1 Å². The van der Waals surface area contributed by atoms with Crippen molar-refractivity contribution < 1.29 is 0 Å². The fourth-order valence-corrected chi connectivity index (χ4v) is 1.54. The smallest absolute Gasteiger partial charge is 0.0682 e. The summed E-state index contributed by atoms with van der Waals surface area (Å²) in [7, 11) is 0. The lowest BCUT2D eigenvalue weighted by Crippen LogP contribution is -2.00. The van der Waals surface area contributed by atoms with Crippen molar-refractivity contribution in [1.82, 2.24) is 9.78 Å². The molecule has 2 aromatic rings. The molecule has 5 nitrogen and oxygen atoms in total. The van der Waals surface area contributed by atoms with Crippen LogP contribution in [0.2, 0.25) is 0 Å². The number of fused-ring (bicyclic) bond motifs is 1. The van der Waals surface area contributed by atoms with Gasteiger partial charge < -0.3 is 0 Å². The molecule has 15 heavy (non-hydrogen) atoms. The monoisotopic (exact) mass is 201 g/mol. The molecule has 1 aromatic carbocycles. The molecule has 0 spiro atoms. The molecule has 0 unspecified atom stereocenters. The Labute approximate surface area is 86.9 Å². The maximum Gasteiger partial charge on any atom is 0.0682 e. The second-order valence-electron chi connectivity index (χ2n) is 3.23. The highest BCUT2D eigenvalue weighted by Crippen LogP contribution is 2.12. The molecule has 0 aliphatic heterocycles. The van der Waals surface area contributed by atoms with Crippen molar-refractivity contribution >= 4 is 10.9 Å². The van der Waals surface area contributed by atoms with Crippen LogP contribution in [-0.2, 0) is 6.54 Å². The lowest BCUT2D eigenvalue weighted by atomic mass is 10.2. The molecule has 2 rings (SSSR count). The minimum atomic E-state index is 0.519. The quantitative estimate of drug-likeness (QED) is 0.324. The third-order valence-corrected chi connectivity index (χ3v) is 2.24. The van der Waals surface area contributed by atoms with Crippen LogP contribution >= 0.6 is 0 Å². The molecular weight excluding hydrogens is 190 g/mol. The first-order valence-electron chi connectivity index (χ1n) is 4.83. The first kappa shape index (κ1) is 9.55. The SMILES string of the molecule is [N-]=[N+]=NCCCn1ncc2ccccc21. The van der Waals surface area contributed by atoms with Gasteiger partial charge in [0, 0.05) is 23.4 Å². The molecule has 0 amide bonds. The number of azide groups is 1. The van der Waals surface area contributed by atoms with Gasteiger partial charge in [0.05, 0.1) is 11.7 Å². The Bertz CT molecular complexity index is 495. The van der Waals surface area contributed by atoms with Gasteiger partial charge in [0.2, 0.25) is 0 Å². The average molecular weight is 201 g/mol. The summed E-state index contributed by atoms with van der Waals surface area (Å²) in [6, 6.07) is 8.06. The van der Waals surface area contributed by atoms with Crippen LogP contribution in [0.3, 0.4) is 0 Å². The Balaban J connectivity index is 2.11. The fraction of sp³-hybridized carbons (Fsp3) is 0.300. The number of hydrogen-bond donors (Lipinski definition) is 0. The molecule has 76 valence electrons. The van der Waals surface area contributed by atoms with Crippen molar-refractivity contribution in [3.05, 3.63) is 40.9 Å². The molecule has 0 aliphatic rings. The Morgan fingerprint density at radius 3 is 3.13 bits per heavy atom. The summed E-state index contributed by atoms with van der Waals surface area (Å²) < 4.78 is 1.93. The van der Waals surface area contributed by atoms with E-state index in [9.17, 15) is 0 Å². The van der Waals surface area contributed by atoms with Gasteiger partial charge in [-0.25, -0.2) is 0 Å². The minimum absolute atomic E-state index is 0.519. The van der Waals surface area contributed by atoms with E-state index in [0.717, 1.165) is 23.9 Å². The number of nitrogens with zero attached hydrogens (tertiary/aromatic N) is 5. The number of rotatable bonds is 4. The van der Waals surface area contributed by atoms with E-state index < -0.39 is 0 Å². The van der Waals surface area contributed by atoms with Crippen LogP contribution in [0, 0.1) is 0 Å². The third-order valence-electron chi connectivity index (χ3n) is 2.24. The van der Waals surface area contributed by atoms with Crippen LogP contribution < -0.4 is 0 Å². The fourth-order valence-electron chi connectivity index (χ4n) is 1.54. The maximum absolute atomic E-state index is 8.13. The summed E-state index contributed by atoms with van der Waals surface area (Å²) in [4.78, 5) is 2.71. The number of aryl methyl sites for hydroxylation is 1. The average Bonchev–Trinajstić information content (AvgIpc) is 2.68. The van der Waals surface area contributed by atoms with Crippen molar-refractivity contribution in [2.24, 2.45) is 5.11 Å². The zero-order valence-electron chi connectivity index (χ0n) is 8.24. The summed E-state index contributed by atoms with van der Waals surface area (Å²) in [6.07, 6.45) is 2.67. The van der Waals surface area contributed by atoms with Crippen molar-refractivity contribution in [3.63, 3.8) is 0 Å². The predicted molar refractivity (Wildman–Crippen MR) is 58.4 cm³/mol. The topological polar surface area (TPSA) is 66.6 Å². The van der Waals surface area contributed by atoms with Crippen molar-refractivity contribution in [1.29, 1.82) is 0 Å². The molecule has 0 atom stereocenters. The standard InChI is InChI=1S/C10H11N5/c11-14-12-6-3-7-15-10-5-2-1-4-9(10)8-13-15/h1-2,4-5,8H,3,6-7H2. The number of aromatic nitrogens is 2. The van der Waals surface area contributed by atoms with Gasteiger partial charge in [-0.3, -0.25) is 4.68 Å². The molecule has 0 radical (unpaired) electrons. The first-order valence-corrected chi connectivity index (χ1v) is 4.83. The lowest BCUT2D eigenvalue weighted by molar-refractivity contribution is 0.602. The molecule has 0 bridgehead atoms. The van der Waals surface area contributed by atoms with Gasteiger partial charge in [-0.2, -0.15) is 5.10 Å². The molecule has 0 aliphatic carbocycles. The molecule has 0 fully saturated rings. The van der Waals surface area contributed by atoms with Gasteiger partial charge in [0.15, 0.2) is 0 Å². The third kappa shape index (κ3) is 2.08. The van der Waals surface area contributed by atoms with E-state index >= 15 is 0 Å².